The van der Waals surface area contributed by atoms with Crippen molar-refractivity contribution in [3.05, 3.63) is 64.9 Å². The van der Waals surface area contributed by atoms with Gasteiger partial charge in [0.1, 0.15) is 5.82 Å². The molecule has 3 rings (SSSR count). The Bertz CT molecular complexity index is 691. The number of thiophene rings is 1. The lowest BCUT2D eigenvalue weighted by atomic mass is 10.1. The van der Waals surface area contributed by atoms with Gasteiger partial charge >= 0.3 is 0 Å². The van der Waals surface area contributed by atoms with Crippen molar-refractivity contribution in [1.82, 2.24) is 15.5 Å². The van der Waals surface area contributed by atoms with Crippen LogP contribution < -0.4 is 5.32 Å². The molecule has 3 nitrogen and oxygen atoms in total. The summed E-state index contributed by atoms with van der Waals surface area (Å²) in [5.41, 5.74) is 3.23. The van der Waals surface area contributed by atoms with E-state index in [4.69, 9.17) is 0 Å². The molecular formula is C16H16FN3S. The first-order chi connectivity index (χ1) is 10.3. The quantitative estimate of drug-likeness (QED) is 0.683. The van der Waals surface area contributed by atoms with Crippen molar-refractivity contribution in [2.45, 2.75) is 13.0 Å². The molecule has 0 radical (unpaired) electrons. The van der Waals surface area contributed by atoms with Gasteiger partial charge in [-0.05, 0) is 42.1 Å². The van der Waals surface area contributed by atoms with E-state index in [-0.39, 0.29) is 5.82 Å². The smallest absolute Gasteiger partial charge is 0.123 e. The van der Waals surface area contributed by atoms with Gasteiger partial charge in [-0.15, -0.1) is 11.3 Å². The summed E-state index contributed by atoms with van der Waals surface area (Å²) < 4.78 is 13.1. The second-order valence-electron chi connectivity index (χ2n) is 4.80. The maximum Gasteiger partial charge on any atom is 0.123 e. The second kappa shape index (κ2) is 6.65. The van der Waals surface area contributed by atoms with Gasteiger partial charge in [0, 0.05) is 12.1 Å². The van der Waals surface area contributed by atoms with Crippen LogP contribution in [0.5, 0.6) is 0 Å². The molecule has 0 saturated heterocycles. The Morgan fingerprint density at radius 3 is 3.00 bits per heavy atom. The molecular weight excluding hydrogens is 285 g/mol. The minimum atomic E-state index is -0.178. The molecule has 3 aromatic rings. The predicted molar refractivity (Wildman–Crippen MR) is 83.7 cm³/mol. The van der Waals surface area contributed by atoms with E-state index >= 15 is 0 Å². The second-order valence-corrected chi connectivity index (χ2v) is 5.75. The maximum absolute atomic E-state index is 13.1. The third kappa shape index (κ3) is 3.56. The number of aromatic amines is 1. The fraction of sp³-hybridized carbons (Fsp3) is 0.188. The van der Waals surface area contributed by atoms with Crippen LogP contribution in [0.1, 0.15) is 11.1 Å². The summed E-state index contributed by atoms with van der Waals surface area (Å²) in [6, 6.07) is 10.8. The van der Waals surface area contributed by atoms with E-state index in [1.54, 1.807) is 23.5 Å². The lowest BCUT2D eigenvalue weighted by Gasteiger charge is -2.05. The molecule has 0 saturated carbocycles. The van der Waals surface area contributed by atoms with Crippen LogP contribution in [0.15, 0.2) is 48.0 Å². The lowest BCUT2D eigenvalue weighted by Crippen LogP contribution is -2.16. The number of rotatable bonds is 6. The van der Waals surface area contributed by atoms with Gasteiger partial charge in [-0.25, -0.2) is 4.39 Å². The Kier molecular flexibility index (Phi) is 4.43. The number of H-pyrrole nitrogens is 1. The first-order valence-electron chi connectivity index (χ1n) is 6.84. The third-order valence-electron chi connectivity index (χ3n) is 3.28. The summed E-state index contributed by atoms with van der Waals surface area (Å²) in [7, 11) is 0. The summed E-state index contributed by atoms with van der Waals surface area (Å²) in [5.74, 6) is -0.178. The van der Waals surface area contributed by atoms with E-state index in [0.29, 0.717) is 0 Å². The van der Waals surface area contributed by atoms with Crippen LogP contribution in [0.3, 0.4) is 0 Å². The highest BCUT2D eigenvalue weighted by atomic mass is 32.1. The van der Waals surface area contributed by atoms with E-state index in [0.717, 1.165) is 36.3 Å². The summed E-state index contributed by atoms with van der Waals surface area (Å²) in [6.45, 7) is 1.55. The van der Waals surface area contributed by atoms with Gasteiger partial charge in [-0.3, -0.25) is 5.10 Å². The molecule has 108 valence electrons. The van der Waals surface area contributed by atoms with E-state index in [1.807, 2.05) is 18.3 Å². The Labute approximate surface area is 126 Å². The number of nitrogens with one attached hydrogen (secondary N) is 2. The molecule has 2 heterocycles. The van der Waals surface area contributed by atoms with Gasteiger partial charge < -0.3 is 5.32 Å². The van der Waals surface area contributed by atoms with Gasteiger partial charge in [0.2, 0.25) is 0 Å². The molecule has 0 amide bonds. The van der Waals surface area contributed by atoms with Crippen molar-refractivity contribution in [2.75, 3.05) is 6.54 Å². The van der Waals surface area contributed by atoms with Crippen LogP contribution in [0.2, 0.25) is 0 Å². The molecule has 0 aliphatic carbocycles. The standard InChI is InChI=1S/C16H16FN3S/c17-14-4-1-3-12(9-14)6-7-18-10-13-11-19-20-16(13)15-5-2-8-21-15/h1-5,8-9,11,18H,6-7,10H2,(H,19,20). The predicted octanol–water partition coefficient (Wildman–Crippen LogP) is 3.61. The highest BCUT2D eigenvalue weighted by Crippen LogP contribution is 2.25. The van der Waals surface area contributed by atoms with Crippen LogP contribution in [0.25, 0.3) is 10.6 Å². The zero-order chi connectivity index (χ0) is 14.5. The van der Waals surface area contributed by atoms with Gasteiger partial charge in [-0.1, -0.05) is 18.2 Å². The summed E-state index contributed by atoms with van der Waals surface area (Å²) in [6.07, 6.45) is 2.66. The van der Waals surface area contributed by atoms with E-state index in [1.165, 1.54) is 10.9 Å². The molecule has 0 unspecified atom stereocenters. The van der Waals surface area contributed by atoms with Crippen molar-refractivity contribution < 1.29 is 4.39 Å². The number of hydrogen-bond donors (Lipinski definition) is 2. The van der Waals surface area contributed by atoms with E-state index < -0.39 is 0 Å². The number of hydrogen-bond acceptors (Lipinski definition) is 3. The first-order valence-corrected chi connectivity index (χ1v) is 7.72. The number of aromatic nitrogens is 2. The van der Waals surface area contributed by atoms with Crippen molar-refractivity contribution in [2.24, 2.45) is 0 Å². The first kappa shape index (κ1) is 14.0. The maximum atomic E-state index is 13.1. The molecule has 1 aromatic carbocycles. The fourth-order valence-corrected chi connectivity index (χ4v) is 2.98. The minimum absolute atomic E-state index is 0.178. The average Bonchev–Trinajstić information content (AvgIpc) is 3.14. The molecule has 0 atom stereocenters. The molecule has 2 aromatic heterocycles. The molecule has 0 fully saturated rings. The fourth-order valence-electron chi connectivity index (χ4n) is 2.23. The molecule has 0 aliphatic rings. The number of nitrogens with zero attached hydrogens (tertiary/aromatic N) is 1. The van der Waals surface area contributed by atoms with Crippen molar-refractivity contribution >= 4 is 11.3 Å². The van der Waals surface area contributed by atoms with Crippen LogP contribution >= 0.6 is 11.3 Å². The third-order valence-corrected chi connectivity index (χ3v) is 4.17. The minimum Gasteiger partial charge on any atom is -0.312 e. The van der Waals surface area contributed by atoms with Crippen molar-refractivity contribution in [1.29, 1.82) is 0 Å². The van der Waals surface area contributed by atoms with Gasteiger partial charge in [0.05, 0.1) is 16.8 Å². The zero-order valence-corrected chi connectivity index (χ0v) is 12.3. The van der Waals surface area contributed by atoms with Gasteiger partial charge in [-0.2, -0.15) is 5.10 Å². The lowest BCUT2D eigenvalue weighted by molar-refractivity contribution is 0.622. The molecule has 21 heavy (non-hydrogen) atoms. The summed E-state index contributed by atoms with van der Waals surface area (Å²) in [4.78, 5) is 1.19. The molecule has 2 N–H and O–H groups in total. The molecule has 0 bridgehead atoms. The van der Waals surface area contributed by atoms with Gasteiger partial charge in [0.15, 0.2) is 0 Å². The van der Waals surface area contributed by atoms with Gasteiger partial charge in [0.25, 0.3) is 0 Å². The van der Waals surface area contributed by atoms with Crippen molar-refractivity contribution in [3.63, 3.8) is 0 Å². The molecule has 0 spiro atoms. The monoisotopic (exact) mass is 301 g/mol. The van der Waals surface area contributed by atoms with E-state index in [2.05, 4.69) is 27.0 Å². The SMILES string of the molecule is Fc1cccc(CCNCc2cn[nH]c2-c2cccs2)c1. The average molecular weight is 301 g/mol. The Hall–Kier alpha value is -1.98. The van der Waals surface area contributed by atoms with E-state index in [9.17, 15) is 4.39 Å². The van der Waals surface area contributed by atoms with Crippen LogP contribution in [-0.2, 0) is 13.0 Å². The Morgan fingerprint density at radius 2 is 2.19 bits per heavy atom. The molecule has 0 aliphatic heterocycles. The van der Waals surface area contributed by atoms with Crippen molar-refractivity contribution in [3.8, 4) is 10.6 Å². The topological polar surface area (TPSA) is 40.7 Å². The van der Waals surface area contributed by atoms with Crippen LogP contribution in [0.4, 0.5) is 4.39 Å². The highest BCUT2D eigenvalue weighted by molar-refractivity contribution is 7.13. The Balaban J connectivity index is 1.53. The molecule has 5 heteroatoms. The highest BCUT2D eigenvalue weighted by Gasteiger charge is 2.07. The normalized spacial score (nSPS) is 10.9. The zero-order valence-electron chi connectivity index (χ0n) is 11.5. The van der Waals surface area contributed by atoms with Crippen LogP contribution in [-0.4, -0.2) is 16.7 Å². The summed E-state index contributed by atoms with van der Waals surface area (Å²) >= 11 is 1.69. The van der Waals surface area contributed by atoms with Crippen LogP contribution in [0, 0.1) is 5.82 Å². The summed E-state index contributed by atoms with van der Waals surface area (Å²) in [5, 5.41) is 12.6. The number of benzene rings is 1. The largest absolute Gasteiger partial charge is 0.312 e. The number of halogens is 1. The Morgan fingerprint density at radius 1 is 1.24 bits per heavy atom.